The van der Waals surface area contributed by atoms with Crippen LogP contribution >= 0.6 is 60.0 Å². The largest absolute Gasteiger partial charge is 0.492 e. The number of hydrazine groups is 1. The lowest BCUT2D eigenvalue weighted by Gasteiger charge is -2.13. The van der Waals surface area contributed by atoms with Gasteiger partial charge in [0.15, 0.2) is 11.7 Å². The fraction of sp³-hybridized carbons (Fsp3) is 0.125. The molecule has 182 valence electrons. The van der Waals surface area contributed by atoms with Crippen molar-refractivity contribution >= 4 is 76.9 Å². The Morgan fingerprint density at radius 1 is 0.829 bits per heavy atom. The van der Waals surface area contributed by atoms with Crippen molar-refractivity contribution in [1.29, 1.82) is 0 Å². The topological polar surface area (TPSA) is 88.7 Å². The Balaban J connectivity index is 1.41. The number of carbonyl (C=O) groups is 2. The van der Waals surface area contributed by atoms with Crippen LogP contribution in [-0.2, 0) is 11.2 Å². The van der Waals surface area contributed by atoms with Crippen molar-refractivity contribution in [2.45, 2.75) is 6.42 Å². The van der Waals surface area contributed by atoms with Gasteiger partial charge in [-0.25, -0.2) is 0 Å². The lowest BCUT2D eigenvalue weighted by atomic mass is 10.2. The molecule has 3 aromatic carbocycles. The SMILES string of the molecule is O=C(COc1ccc(Br)cc1Br)NNC(=S)NC(=O)c1ccc(OCCc2ccccc2)c(Br)c1. The predicted molar refractivity (Wildman–Crippen MR) is 148 cm³/mol. The van der Waals surface area contributed by atoms with E-state index in [4.69, 9.17) is 21.7 Å². The van der Waals surface area contributed by atoms with E-state index in [0.717, 1.165) is 10.9 Å². The standard InChI is InChI=1S/C24H20Br3N3O4S/c25-17-7-9-21(19(27)13-17)34-14-22(31)29-30-24(35)28-23(32)16-6-8-20(18(26)12-16)33-11-10-15-4-2-1-3-5-15/h1-9,12-13H,10-11,14H2,(H,29,31)(H2,28,30,32,35). The highest BCUT2D eigenvalue weighted by Crippen LogP contribution is 2.28. The molecule has 0 heterocycles. The number of nitrogens with one attached hydrogen (secondary N) is 3. The first-order valence-corrected chi connectivity index (χ1v) is 13.0. The summed E-state index contributed by atoms with van der Waals surface area (Å²) in [6, 6.07) is 20.3. The van der Waals surface area contributed by atoms with E-state index in [2.05, 4.69) is 64.0 Å². The van der Waals surface area contributed by atoms with Crippen LogP contribution in [0.4, 0.5) is 0 Å². The molecule has 0 aliphatic rings. The number of ether oxygens (including phenoxy) is 2. The van der Waals surface area contributed by atoms with Gasteiger partial charge in [0.2, 0.25) is 0 Å². The second kappa shape index (κ2) is 13.6. The van der Waals surface area contributed by atoms with Crippen LogP contribution < -0.4 is 25.6 Å². The van der Waals surface area contributed by atoms with Gasteiger partial charge in [-0.1, -0.05) is 46.3 Å². The third-order valence-electron chi connectivity index (χ3n) is 4.48. The zero-order valence-electron chi connectivity index (χ0n) is 18.1. The van der Waals surface area contributed by atoms with Crippen LogP contribution in [0.15, 0.2) is 80.1 Å². The third kappa shape index (κ3) is 8.92. The van der Waals surface area contributed by atoms with Gasteiger partial charge in [-0.2, -0.15) is 0 Å². The number of hydrogen-bond acceptors (Lipinski definition) is 5. The van der Waals surface area contributed by atoms with E-state index in [9.17, 15) is 9.59 Å². The lowest BCUT2D eigenvalue weighted by Crippen LogP contribution is -2.49. The molecule has 7 nitrogen and oxygen atoms in total. The van der Waals surface area contributed by atoms with Gasteiger partial charge < -0.3 is 9.47 Å². The first kappa shape index (κ1) is 27.1. The summed E-state index contributed by atoms with van der Waals surface area (Å²) in [6.45, 7) is 0.257. The van der Waals surface area contributed by atoms with Gasteiger partial charge in [0, 0.05) is 16.5 Å². The second-order valence-corrected chi connectivity index (χ2v) is 10.1. The van der Waals surface area contributed by atoms with Crippen molar-refractivity contribution in [1.82, 2.24) is 16.2 Å². The van der Waals surface area contributed by atoms with E-state index >= 15 is 0 Å². The van der Waals surface area contributed by atoms with E-state index in [0.29, 0.717) is 32.6 Å². The Morgan fingerprint density at radius 3 is 2.23 bits per heavy atom. The first-order valence-electron chi connectivity index (χ1n) is 10.3. The van der Waals surface area contributed by atoms with Gasteiger partial charge >= 0.3 is 0 Å². The molecule has 0 spiro atoms. The molecule has 11 heteroatoms. The molecule has 2 amide bonds. The molecule has 3 aromatic rings. The third-order valence-corrected chi connectivity index (χ3v) is 6.42. The van der Waals surface area contributed by atoms with Crippen LogP contribution in [0.3, 0.4) is 0 Å². The number of amides is 2. The molecular formula is C24H20Br3N3O4S. The minimum Gasteiger partial charge on any atom is -0.492 e. The Kier molecular flexibility index (Phi) is 10.5. The van der Waals surface area contributed by atoms with Crippen LogP contribution in [0.2, 0.25) is 0 Å². The number of benzene rings is 3. The maximum absolute atomic E-state index is 12.5. The highest BCUT2D eigenvalue weighted by atomic mass is 79.9. The summed E-state index contributed by atoms with van der Waals surface area (Å²) >= 11 is 15.2. The minimum absolute atomic E-state index is 0.0625. The number of carbonyl (C=O) groups excluding carboxylic acids is 2. The fourth-order valence-electron chi connectivity index (χ4n) is 2.79. The Labute approximate surface area is 233 Å². The molecule has 0 bridgehead atoms. The first-order chi connectivity index (χ1) is 16.8. The molecule has 0 radical (unpaired) electrons. The summed E-state index contributed by atoms with van der Waals surface area (Å²) in [5, 5.41) is 2.44. The maximum Gasteiger partial charge on any atom is 0.276 e. The predicted octanol–water partition coefficient (Wildman–Crippen LogP) is 5.31. The monoisotopic (exact) mass is 683 g/mol. The fourth-order valence-corrected chi connectivity index (χ4v) is 4.59. The summed E-state index contributed by atoms with van der Waals surface area (Å²) in [5.41, 5.74) is 6.40. The van der Waals surface area contributed by atoms with Crippen molar-refractivity contribution in [2.75, 3.05) is 13.2 Å². The molecule has 0 saturated heterocycles. The van der Waals surface area contributed by atoms with E-state index in [1.54, 1.807) is 36.4 Å². The molecule has 0 saturated carbocycles. The summed E-state index contributed by atoms with van der Waals surface area (Å²) < 4.78 is 13.5. The molecule has 0 aliphatic heterocycles. The van der Waals surface area contributed by atoms with E-state index in [-0.39, 0.29) is 11.7 Å². The van der Waals surface area contributed by atoms with Gasteiger partial charge in [0.25, 0.3) is 11.8 Å². The number of halogens is 3. The molecule has 0 unspecified atom stereocenters. The van der Waals surface area contributed by atoms with Gasteiger partial charge in [0.05, 0.1) is 15.6 Å². The van der Waals surface area contributed by atoms with Crippen molar-refractivity contribution < 1.29 is 19.1 Å². The lowest BCUT2D eigenvalue weighted by molar-refractivity contribution is -0.123. The number of hydrogen-bond donors (Lipinski definition) is 3. The van der Waals surface area contributed by atoms with Crippen LogP contribution in [0.5, 0.6) is 11.5 Å². The average molecular weight is 686 g/mol. The molecule has 0 aromatic heterocycles. The smallest absolute Gasteiger partial charge is 0.276 e. The zero-order chi connectivity index (χ0) is 25.2. The Morgan fingerprint density at radius 2 is 1.51 bits per heavy atom. The molecule has 3 rings (SSSR count). The quantitative estimate of drug-likeness (QED) is 0.220. The normalized spacial score (nSPS) is 10.3. The molecule has 35 heavy (non-hydrogen) atoms. The summed E-state index contributed by atoms with van der Waals surface area (Å²) in [7, 11) is 0. The summed E-state index contributed by atoms with van der Waals surface area (Å²) in [5.74, 6) is 0.222. The Hall–Kier alpha value is -2.47. The van der Waals surface area contributed by atoms with E-state index in [1.807, 2.05) is 30.3 Å². The van der Waals surface area contributed by atoms with Gasteiger partial charge in [-0.3, -0.25) is 25.8 Å². The van der Waals surface area contributed by atoms with Crippen LogP contribution in [0, 0.1) is 0 Å². The van der Waals surface area contributed by atoms with E-state index < -0.39 is 11.8 Å². The van der Waals surface area contributed by atoms with Crippen molar-refractivity contribution in [3.63, 3.8) is 0 Å². The van der Waals surface area contributed by atoms with E-state index in [1.165, 1.54) is 5.56 Å². The molecule has 3 N–H and O–H groups in total. The number of thiocarbonyl (C=S) groups is 1. The minimum atomic E-state index is -0.476. The average Bonchev–Trinajstić information content (AvgIpc) is 2.83. The second-order valence-electron chi connectivity index (χ2n) is 7.05. The molecule has 0 aliphatic carbocycles. The highest BCUT2D eigenvalue weighted by molar-refractivity contribution is 9.11. The number of rotatable bonds is 8. The molecule has 0 fully saturated rings. The zero-order valence-corrected chi connectivity index (χ0v) is 23.7. The van der Waals surface area contributed by atoms with Gasteiger partial charge in [-0.15, -0.1) is 0 Å². The highest BCUT2D eigenvalue weighted by Gasteiger charge is 2.12. The molecular weight excluding hydrogens is 666 g/mol. The maximum atomic E-state index is 12.5. The van der Waals surface area contributed by atoms with Crippen LogP contribution in [-0.4, -0.2) is 30.1 Å². The van der Waals surface area contributed by atoms with Crippen molar-refractivity contribution in [3.05, 3.63) is 91.3 Å². The van der Waals surface area contributed by atoms with Crippen molar-refractivity contribution in [2.24, 2.45) is 0 Å². The summed E-state index contributed by atoms with van der Waals surface area (Å²) in [4.78, 5) is 24.5. The van der Waals surface area contributed by atoms with Gasteiger partial charge in [0.1, 0.15) is 11.5 Å². The van der Waals surface area contributed by atoms with Crippen LogP contribution in [0.25, 0.3) is 0 Å². The van der Waals surface area contributed by atoms with Gasteiger partial charge in [-0.05, 0) is 86.0 Å². The van der Waals surface area contributed by atoms with Crippen molar-refractivity contribution in [3.8, 4) is 11.5 Å². The van der Waals surface area contributed by atoms with Crippen LogP contribution in [0.1, 0.15) is 15.9 Å². The summed E-state index contributed by atoms with van der Waals surface area (Å²) in [6.07, 6.45) is 0.770. The Bertz CT molecular complexity index is 1210. The molecule has 0 atom stereocenters.